The summed E-state index contributed by atoms with van der Waals surface area (Å²) in [5.74, 6) is 1.67. The van der Waals surface area contributed by atoms with Crippen LogP contribution < -0.4 is 0 Å². The number of halogens is 7. The molecule has 13 heteroatoms. The Balaban J connectivity index is -0.0000000626. The van der Waals surface area contributed by atoms with Crippen molar-refractivity contribution >= 4 is 0 Å². The first-order chi connectivity index (χ1) is 24.0. The molecule has 0 radical (unpaired) electrons. The molecule has 0 aromatic carbocycles. The van der Waals surface area contributed by atoms with Gasteiger partial charge in [-0.25, -0.2) is 8.78 Å². The summed E-state index contributed by atoms with van der Waals surface area (Å²) < 4.78 is 108. The van der Waals surface area contributed by atoms with Crippen LogP contribution in [0.25, 0.3) is 0 Å². The summed E-state index contributed by atoms with van der Waals surface area (Å²) in [5.41, 5.74) is 0. The maximum Gasteiger partial charge on any atom is 0.411 e. The standard InChI is InChI=1S/C6H12O.C5H9F3O.C5H10F2O.C5H11FO.C5H12O.C4H10O.2C4H10.C3H7F.CH4/c1-5(2)7-6-3-4-6;1-4(2)9-3-5(6,7)8;1-4(2)8-5(3,6)7;1-4(2)7-5(3)6;1-4-6-5(2)3;1-4(2)5-3;2*1-4(2)3;1-3(2)4;/h5-6H,3-4H2,1-2H3;4H,3H2,1-2H3;4H,1-3H3;4-5H,1-3H3;5H,4H2,1-3H3;4H,1-3H3;2*4H,1-3H3;3H,1-2H3;1H4. The molecule has 6 nitrogen and oxygen atoms in total. The molecule has 0 N–H and O–H groups in total. The van der Waals surface area contributed by atoms with Crippen molar-refractivity contribution in [3.63, 3.8) is 0 Å². The first kappa shape index (κ1) is 75.1. The largest absolute Gasteiger partial charge is 0.411 e. The van der Waals surface area contributed by atoms with Gasteiger partial charge in [0.25, 0.3) is 0 Å². The van der Waals surface area contributed by atoms with Crippen molar-refractivity contribution in [3.05, 3.63) is 0 Å². The van der Waals surface area contributed by atoms with Gasteiger partial charge in [-0.15, -0.1) is 0 Å². The maximum absolute atomic E-state index is 11.8. The zero-order valence-electron chi connectivity index (χ0n) is 39.3. The molecule has 0 aromatic heterocycles. The smallest absolute Gasteiger partial charge is 0.382 e. The van der Waals surface area contributed by atoms with Gasteiger partial charge in [0.05, 0.1) is 48.9 Å². The molecule has 55 heavy (non-hydrogen) atoms. The SMILES string of the molecule is C.CC(C)C.CC(C)C.CC(C)F.CC(C)OC(C)(F)F.CC(C)OC(C)F.CC(C)OC1CC1.CC(C)OCC(F)(F)F.CCOC(C)C.COC(C)C. The van der Waals surface area contributed by atoms with Crippen molar-refractivity contribution in [3.8, 4) is 0 Å². The lowest BCUT2D eigenvalue weighted by Crippen LogP contribution is -2.20. The molecule has 0 aromatic rings. The Labute approximate surface area is 338 Å². The summed E-state index contributed by atoms with van der Waals surface area (Å²) in [4.78, 5) is 0. The Kier molecular flexibility index (Phi) is 67.5. The van der Waals surface area contributed by atoms with E-state index in [4.69, 9.17) is 14.2 Å². The first-order valence-electron chi connectivity index (χ1n) is 19.5. The van der Waals surface area contributed by atoms with Gasteiger partial charge in [0.1, 0.15) is 6.61 Å². The summed E-state index contributed by atoms with van der Waals surface area (Å²) in [6, 6.07) is 0. The molecule has 1 aliphatic rings. The Bertz CT molecular complexity index is 610. The maximum atomic E-state index is 11.8. The van der Waals surface area contributed by atoms with Gasteiger partial charge in [0.15, 0.2) is 6.36 Å². The minimum atomic E-state index is -4.19. The van der Waals surface area contributed by atoms with Crippen molar-refractivity contribution in [2.45, 2.75) is 247 Å². The summed E-state index contributed by atoms with van der Waals surface area (Å²) >= 11 is 0. The van der Waals surface area contributed by atoms with Gasteiger partial charge < -0.3 is 28.4 Å². The van der Waals surface area contributed by atoms with Crippen LogP contribution in [0, 0.1) is 11.8 Å². The first-order valence-corrected chi connectivity index (χ1v) is 19.5. The zero-order chi connectivity index (χ0) is 45.4. The molecule has 1 atom stereocenters. The fourth-order valence-electron chi connectivity index (χ4n) is 1.97. The third-order valence-corrected chi connectivity index (χ3v) is 3.44. The van der Waals surface area contributed by atoms with Gasteiger partial charge in [-0.05, 0) is 135 Å². The molecule has 1 rings (SSSR count). The number of hydrogen-bond acceptors (Lipinski definition) is 6. The van der Waals surface area contributed by atoms with E-state index in [1.165, 1.54) is 33.6 Å². The monoisotopic (exact) mass is 829 g/mol. The second kappa shape index (κ2) is 49.4. The molecule has 0 bridgehead atoms. The third kappa shape index (κ3) is 203. The molecule has 0 amide bonds. The molecule has 1 aliphatic carbocycles. The number of alkyl halides is 7. The minimum absolute atomic E-state index is 0. The number of hydrogen-bond donors (Lipinski definition) is 0. The molecule has 0 aliphatic heterocycles. The highest BCUT2D eigenvalue weighted by Gasteiger charge is 2.27. The van der Waals surface area contributed by atoms with Crippen LogP contribution in [0.1, 0.15) is 180 Å². The Hall–Kier alpha value is -0.730. The zero-order valence-corrected chi connectivity index (χ0v) is 39.3. The lowest BCUT2D eigenvalue weighted by atomic mass is 10.3. The molecular formula is C42H95F7O6. The second-order valence-electron chi connectivity index (χ2n) is 15.3. The van der Waals surface area contributed by atoms with Crippen LogP contribution in [0.4, 0.5) is 30.7 Å². The van der Waals surface area contributed by atoms with Gasteiger partial charge in [-0.3, -0.25) is 0 Å². The van der Waals surface area contributed by atoms with Crippen LogP contribution in [0.3, 0.4) is 0 Å². The Morgan fingerprint density at radius 2 is 0.855 bits per heavy atom. The van der Waals surface area contributed by atoms with Crippen LogP contribution in [-0.2, 0) is 28.4 Å². The highest BCUT2D eigenvalue weighted by Crippen LogP contribution is 2.24. The molecule has 0 spiro atoms. The van der Waals surface area contributed by atoms with Crippen molar-refractivity contribution in [2.24, 2.45) is 11.8 Å². The quantitative estimate of drug-likeness (QED) is 0.193. The highest BCUT2D eigenvalue weighted by atomic mass is 19.4. The fraction of sp³-hybridized carbons (Fsp3) is 1.00. The second-order valence-corrected chi connectivity index (χ2v) is 15.3. The average Bonchev–Trinajstić information content (AvgIpc) is 3.69. The molecule has 1 unspecified atom stereocenters. The molecule has 0 saturated heterocycles. The highest BCUT2D eigenvalue weighted by molar-refractivity contribution is 4.73. The molecular weight excluding hydrogens is 733 g/mol. The van der Waals surface area contributed by atoms with E-state index in [-0.39, 0.29) is 19.6 Å². The van der Waals surface area contributed by atoms with Crippen molar-refractivity contribution < 1.29 is 59.2 Å². The lowest BCUT2D eigenvalue weighted by molar-refractivity contribution is -0.242. The topological polar surface area (TPSA) is 55.4 Å². The summed E-state index contributed by atoms with van der Waals surface area (Å²) in [5, 5.41) is 0. The Morgan fingerprint density at radius 3 is 0.891 bits per heavy atom. The van der Waals surface area contributed by atoms with E-state index in [1.807, 2.05) is 34.6 Å². The molecule has 1 saturated carbocycles. The van der Waals surface area contributed by atoms with E-state index in [9.17, 15) is 30.7 Å². The molecule has 0 heterocycles. The number of ether oxygens (including phenoxy) is 6. The van der Waals surface area contributed by atoms with Crippen LogP contribution in [-0.4, -0.2) is 87.9 Å². The molecule has 348 valence electrons. The molecule has 1 fully saturated rings. The van der Waals surface area contributed by atoms with Crippen molar-refractivity contribution in [1.29, 1.82) is 0 Å². The van der Waals surface area contributed by atoms with Crippen molar-refractivity contribution in [1.82, 2.24) is 0 Å². The van der Waals surface area contributed by atoms with E-state index in [2.05, 4.69) is 69.6 Å². The van der Waals surface area contributed by atoms with Gasteiger partial charge in [-0.1, -0.05) is 49.0 Å². The number of rotatable bonds is 11. The minimum Gasteiger partial charge on any atom is -0.382 e. The normalized spacial score (nSPS) is 12.4. The van der Waals surface area contributed by atoms with E-state index in [0.29, 0.717) is 24.4 Å². The van der Waals surface area contributed by atoms with Gasteiger partial charge in [0.2, 0.25) is 0 Å². The Morgan fingerprint density at radius 1 is 0.545 bits per heavy atom. The summed E-state index contributed by atoms with van der Waals surface area (Å²) in [7, 11) is 1.70. The van der Waals surface area contributed by atoms with Gasteiger partial charge >= 0.3 is 12.3 Å². The average molecular weight is 829 g/mol. The van der Waals surface area contributed by atoms with Crippen LogP contribution in [0.2, 0.25) is 0 Å². The fourth-order valence-corrected chi connectivity index (χ4v) is 1.97. The predicted octanol–water partition coefficient (Wildman–Crippen LogP) is 15.1. The van der Waals surface area contributed by atoms with Crippen molar-refractivity contribution in [2.75, 3.05) is 20.3 Å². The van der Waals surface area contributed by atoms with E-state index in [0.717, 1.165) is 25.4 Å². The van der Waals surface area contributed by atoms with Gasteiger partial charge in [-0.2, -0.15) is 22.0 Å². The van der Waals surface area contributed by atoms with E-state index in [1.54, 1.807) is 48.7 Å². The number of methoxy groups -OCH3 is 1. The third-order valence-electron chi connectivity index (χ3n) is 3.44. The van der Waals surface area contributed by atoms with Gasteiger partial charge in [0, 0.05) is 20.6 Å². The predicted molar refractivity (Wildman–Crippen MR) is 223 cm³/mol. The summed E-state index contributed by atoms with van der Waals surface area (Å²) in [6.07, 6.45) is -5.30. The van der Waals surface area contributed by atoms with E-state index >= 15 is 0 Å². The summed E-state index contributed by atoms with van der Waals surface area (Å²) in [6.45, 7) is 41.9. The van der Waals surface area contributed by atoms with Crippen LogP contribution >= 0.6 is 0 Å². The van der Waals surface area contributed by atoms with Crippen LogP contribution in [0.5, 0.6) is 0 Å². The lowest BCUT2D eigenvalue weighted by Gasteiger charge is -2.13. The van der Waals surface area contributed by atoms with E-state index < -0.39 is 37.5 Å². The van der Waals surface area contributed by atoms with Crippen LogP contribution in [0.15, 0.2) is 0 Å².